The van der Waals surface area contributed by atoms with E-state index in [1.807, 2.05) is 18.2 Å². The van der Waals surface area contributed by atoms with E-state index in [0.717, 1.165) is 27.4 Å². The van der Waals surface area contributed by atoms with Crippen molar-refractivity contribution in [3.05, 3.63) is 58.1 Å². The van der Waals surface area contributed by atoms with Gasteiger partial charge in [-0.2, -0.15) is 0 Å². The van der Waals surface area contributed by atoms with Crippen LogP contribution in [-0.2, 0) is 4.79 Å². The fourth-order valence-corrected chi connectivity index (χ4v) is 2.50. The molecule has 84 valence electrons. The highest BCUT2D eigenvalue weighted by Gasteiger charge is 2.14. The second-order valence-corrected chi connectivity index (χ2v) is 4.51. The van der Waals surface area contributed by atoms with Gasteiger partial charge in [0.2, 0.25) is 0 Å². The van der Waals surface area contributed by atoms with Crippen LogP contribution in [0, 0.1) is 0 Å². The van der Waals surface area contributed by atoms with Gasteiger partial charge in [0.05, 0.1) is 11.0 Å². The molecule has 18 heavy (non-hydrogen) atoms. The number of carbonyl (C=O) groups excluding carboxylic acids is 1. The van der Waals surface area contributed by atoms with E-state index >= 15 is 0 Å². The highest BCUT2D eigenvalue weighted by molar-refractivity contribution is 6.16. The highest BCUT2D eigenvalue weighted by atomic mass is 16.1. The largest absolute Gasteiger partial charge is 0.290 e. The number of hydrogen-bond donors (Lipinski definition) is 0. The molecule has 2 aliphatic carbocycles. The van der Waals surface area contributed by atoms with Gasteiger partial charge >= 0.3 is 0 Å². The third kappa shape index (κ3) is 1.23. The highest BCUT2D eigenvalue weighted by Crippen LogP contribution is 2.23. The monoisotopic (exact) mass is 231 g/mol. The molecule has 0 saturated carbocycles. The van der Waals surface area contributed by atoms with Gasteiger partial charge in [-0.05, 0) is 29.9 Å². The lowest BCUT2D eigenvalue weighted by molar-refractivity contribution is -0.109. The van der Waals surface area contributed by atoms with Crippen LogP contribution in [0.2, 0.25) is 0 Å². The van der Waals surface area contributed by atoms with Gasteiger partial charge in [-0.3, -0.25) is 4.79 Å². The lowest BCUT2D eigenvalue weighted by Gasteiger charge is -2.04. The van der Waals surface area contributed by atoms with E-state index in [2.05, 4.69) is 29.3 Å². The second-order valence-electron chi connectivity index (χ2n) is 4.51. The molecule has 0 saturated heterocycles. The summed E-state index contributed by atoms with van der Waals surface area (Å²) in [6.45, 7) is 0. The van der Waals surface area contributed by atoms with Gasteiger partial charge in [0.1, 0.15) is 0 Å². The predicted octanol–water partition coefficient (Wildman–Crippen LogP) is 1.27. The lowest BCUT2D eigenvalue weighted by atomic mass is 10.1. The molecule has 2 heteroatoms. The summed E-state index contributed by atoms with van der Waals surface area (Å²) in [7, 11) is 0. The topological polar surface area (TPSA) is 30.0 Å². The normalized spacial score (nSPS) is 14.3. The summed E-state index contributed by atoms with van der Waals surface area (Å²) < 4.78 is 0. The lowest BCUT2D eigenvalue weighted by Crippen LogP contribution is -2.22. The van der Waals surface area contributed by atoms with Gasteiger partial charge in [-0.25, -0.2) is 4.98 Å². The van der Waals surface area contributed by atoms with Gasteiger partial charge in [0.25, 0.3) is 0 Å². The van der Waals surface area contributed by atoms with Crippen LogP contribution < -0.4 is 10.6 Å². The molecule has 2 aromatic rings. The average Bonchev–Trinajstić information content (AvgIpc) is 2.74. The Morgan fingerprint density at radius 3 is 2.78 bits per heavy atom. The fraction of sp³-hybridized carbons (Fsp3) is 0. The Bertz CT molecular complexity index is 844. The number of benzene rings is 1. The first kappa shape index (κ1) is 9.54. The van der Waals surface area contributed by atoms with Gasteiger partial charge in [-0.15, -0.1) is 0 Å². The molecule has 4 rings (SSSR count). The van der Waals surface area contributed by atoms with Crippen molar-refractivity contribution in [1.82, 2.24) is 4.98 Å². The van der Waals surface area contributed by atoms with Crippen LogP contribution in [0.5, 0.6) is 0 Å². The zero-order valence-corrected chi connectivity index (χ0v) is 9.55. The first-order valence-electron chi connectivity index (χ1n) is 5.87. The molecule has 2 aliphatic rings. The molecule has 0 amide bonds. The summed E-state index contributed by atoms with van der Waals surface area (Å²) in [5.74, 6) is 0.00483. The summed E-state index contributed by atoms with van der Waals surface area (Å²) in [6.07, 6.45) is 7.15. The van der Waals surface area contributed by atoms with Crippen LogP contribution >= 0.6 is 0 Å². The number of fused-ring (bicyclic) bond motifs is 4. The number of rotatable bonds is 0. The summed E-state index contributed by atoms with van der Waals surface area (Å²) >= 11 is 0. The Morgan fingerprint density at radius 1 is 0.944 bits per heavy atom. The van der Waals surface area contributed by atoms with E-state index in [0.29, 0.717) is 0 Å². The van der Waals surface area contributed by atoms with E-state index < -0.39 is 0 Å². The Labute approximate surface area is 104 Å². The minimum absolute atomic E-state index is 0.00483. The second kappa shape index (κ2) is 3.26. The van der Waals surface area contributed by atoms with Crippen molar-refractivity contribution in [2.45, 2.75) is 0 Å². The van der Waals surface area contributed by atoms with E-state index in [9.17, 15) is 4.79 Å². The number of carbonyl (C=O) groups is 1. The minimum atomic E-state index is 0.00483. The van der Waals surface area contributed by atoms with Crippen molar-refractivity contribution in [3.8, 4) is 11.3 Å². The van der Waals surface area contributed by atoms with Crippen LogP contribution in [0.25, 0.3) is 29.5 Å². The van der Waals surface area contributed by atoms with Crippen LogP contribution in [0.4, 0.5) is 0 Å². The summed E-state index contributed by atoms with van der Waals surface area (Å²) in [6, 6.07) is 10.3. The van der Waals surface area contributed by atoms with Crippen molar-refractivity contribution in [2.75, 3.05) is 0 Å². The van der Waals surface area contributed by atoms with Crippen molar-refractivity contribution >= 4 is 24.0 Å². The Balaban J connectivity index is 2.10. The summed E-state index contributed by atoms with van der Waals surface area (Å²) in [4.78, 5) is 16.0. The molecular formula is C16H9NO. The molecule has 0 fully saturated rings. The van der Waals surface area contributed by atoms with E-state index in [1.165, 1.54) is 5.56 Å². The number of nitrogens with zero attached hydrogens (tertiary/aromatic N) is 1. The van der Waals surface area contributed by atoms with Crippen molar-refractivity contribution in [3.63, 3.8) is 0 Å². The third-order valence-corrected chi connectivity index (χ3v) is 3.35. The molecule has 0 bridgehead atoms. The first-order valence-corrected chi connectivity index (χ1v) is 5.87. The maximum atomic E-state index is 11.4. The first-order chi connectivity index (χ1) is 8.81. The van der Waals surface area contributed by atoms with Gasteiger partial charge in [0.15, 0.2) is 5.78 Å². The maximum absolute atomic E-state index is 11.4. The Hall–Kier alpha value is -2.48. The van der Waals surface area contributed by atoms with Crippen LogP contribution in [-0.4, -0.2) is 10.8 Å². The maximum Gasteiger partial charge on any atom is 0.180 e. The number of aromatic nitrogens is 1. The van der Waals surface area contributed by atoms with E-state index in [-0.39, 0.29) is 5.78 Å². The molecule has 0 radical (unpaired) electrons. The Morgan fingerprint density at radius 2 is 1.83 bits per heavy atom. The molecule has 2 nitrogen and oxygen atoms in total. The van der Waals surface area contributed by atoms with Crippen LogP contribution in [0.15, 0.2) is 36.4 Å². The van der Waals surface area contributed by atoms with Crippen LogP contribution in [0.1, 0.15) is 11.1 Å². The molecule has 0 aliphatic heterocycles. The Kier molecular flexibility index (Phi) is 1.73. The number of allylic oxidation sites excluding steroid dienone is 1. The van der Waals surface area contributed by atoms with Gasteiger partial charge in [0, 0.05) is 22.4 Å². The predicted molar refractivity (Wildman–Crippen MR) is 71.0 cm³/mol. The third-order valence-electron chi connectivity index (χ3n) is 3.35. The molecule has 1 heterocycles. The number of ketones is 1. The smallest absolute Gasteiger partial charge is 0.180 e. The van der Waals surface area contributed by atoms with E-state index in [4.69, 9.17) is 0 Å². The fourth-order valence-electron chi connectivity index (χ4n) is 2.50. The molecule has 0 unspecified atom stereocenters. The quantitative estimate of drug-likeness (QED) is 0.583. The minimum Gasteiger partial charge on any atom is -0.290 e. The molecule has 1 aromatic heterocycles. The molecule has 0 atom stereocenters. The van der Waals surface area contributed by atoms with Crippen LogP contribution in [0.3, 0.4) is 0 Å². The summed E-state index contributed by atoms with van der Waals surface area (Å²) in [5.41, 5.74) is 4.32. The van der Waals surface area contributed by atoms with Crippen molar-refractivity contribution < 1.29 is 4.79 Å². The number of hydrogen-bond acceptors (Lipinski definition) is 2. The number of pyridine rings is 1. The SMILES string of the molecule is O=C1C=Cc2cc3c(nc2=C1)-c1ccccc1C=3. The van der Waals surface area contributed by atoms with E-state index in [1.54, 1.807) is 12.2 Å². The molecular weight excluding hydrogens is 222 g/mol. The molecule has 1 aromatic carbocycles. The summed E-state index contributed by atoms with van der Waals surface area (Å²) in [5, 5.41) is 1.90. The van der Waals surface area contributed by atoms with Crippen molar-refractivity contribution in [1.29, 1.82) is 0 Å². The molecule has 0 N–H and O–H groups in total. The standard InChI is InChI=1S/C16H9NO/c18-13-6-5-11-8-12-7-10-3-1-2-4-14(10)16(12)17-15(11)9-13/h1-9H. The van der Waals surface area contributed by atoms with Gasteiger partial charge in [-0.1, -0.05) is 24.3 Å². The zero-order chi connectivity index (χ0) is 12.1. The zero-order valence-electron chi connectivity index (χ0n) is 9.55. The van der Waals surface area contributed by atoms with Gasteiger partial charge < -0.3 is 0 Å². The average molecular weight is 231 g/mol. The van der Waals surface area contributed by atoms with Crippen molar-refractivity contribution in [2.24, 2.45) is 0 Å². The molecule has 0 spiro atoms.